The Morgan fingerprint density at radius 2 is 1.53 bits per heavy atom. The molecule has 1 nitrogen and oxygen atoms in total. The second kappa shape index (κ2) is 3.48. The minimum absolute atomic E-state index is 0.478. The highest BCUT2D eigenvalue weighted by Gasteiger charge is 2.48. The van der Waals surface area contributed by atoms with Crippen LogP contribution in [0, 0.1) is 22.7 Å². The molecule has 0 aromatic rings. The van der Waals surface area contributed by atoms with Crippen LogP contribution in [0.2, 0.25) is 0 Å². The third-order valence-electron chi connectivity index (χ3n) is 5.04. The lowest BCUT2D eigenvalue weighted by Crippen LogP contribution is -2.35. The van der Waals surface area contributed by atoms with Crippen LogP contribution in [0.15, 0.2) is 0 Å². The summed E-state index contributed by atoms with van der Waals surface area (Å²) in [4.78, 5) is 0. The molecule has 0 spiro atoms. The lowest BCUT2D eigenvalue weighted by molar-refractivity contribution is 0.133. The van der Waals surface area contributed by atoms with Crippen LogP contribution in [0.25, 0.3) is 0 Å². The number of hydrogen-bond acceptors (Lipinski definition) is 1. The smallest absolute Gasteiger partial charge is 0.00702 e. The van der Waals surface area contributed by atoms with Gasteiger partial charge in [0.2, 0.25) is 0 Å². The Kier molecular flexibility index (Phi) is 2.65. The summed E-state index contributed by atoms with van der Waals surface area (Å²) in [7, 11) is 0. The Labute approximate surface area is 94.8 Å². The average molecular weight is 209 g/mol. The number of hydrogen-bond donors (Lipinski definition) is 1. The third kappa shape index (κ3) is 2.22. The minimum atomic E-state index is 0.478. The van der Waals surface area contributed by atoms with E-state index in [4.69, 9.17) is 5.73 Å². The van der Waals surface area contributed by atoms with Crippen LogP contribution in [0.4, 0.5) is 0 Å². The van der Waals surface area contributed by atoms with Gasteiger partial charge in [-0.05, 0) is 54.8 Å². The topological polar surface area (TPSA) is 26.0 Å². The Balaban J connectivity index is 2.03. The molecule has 0 aromatic heterocycles. The van der Waals surface area contributed by atoms with Crippen molar-refractivity contribution in [3.05, 3.63) is 0 Å². The molecular formula is C14H27N. The van der Waals surface area contributed by atoms with E-state index in [1.165, 1.54) is 32.1 Å². The molecule has 2 saturated carbocycles. The Bertz CT molecular complexity index is 222. The summed E-state index contributed by atoms with van der Waals surface area (Å²) in [6.45, 7) is 9.75. The van der Waals surface area contributed by atoms with Crippen molar-refractivity contribution in [2.24, 2.45) is 28.4 Å². The molecular weight excluding hydrogens is 182 g/mol. The maximum absolute atomic E-state index is 6.30. The van der Waals surface area contributed by atoms with E-state index in [2.05, 4.69) is 27.7 Å². The molecule has 0 bridgehead atoms. The van der Waals surface area contributed by atoms with Crippen LogP contribution >= 0.6 is 0 Å². The van der Waals surface area contributed by atoms with Crippen LogP contribution in [0.3, 0.4) is 0 Å². The molecule has 88 valence electrons. The zero-order chi connectivity index (χ0) is 11.3. The van der Waals surface area contributed by atoms with Gasteiger partial charge in [0.15, 0.2) is 0 Å². The lowest BCUT2D eigenvalue weighted by atomic mass is 9.69. The van der Waals surface area contributed by atoms with Gasteiger partial charge in [-0.2, -0.15) is 0 Å². The minimum Gasteiger partial charge on any atom is -0.327 e. The highest BCUT2D eigenvalue weighted by Crippen LogP contribution is 2.56. The van der Waals surface area contributed by atoms with Crippen LogP contribution in [0.1, 0.15) is 59.8 Å². The Hall–Kier alpha value is -0.0400. The molecule has 2 N–H and O–H groups in total. The fourth-order valence-corrected chi connectivity index (χ4v) is 3.68. The molecule has 2 aliphatic carbocycles. The van der Waals surface area contributed by atoms with E-state index in [9.17, 15) is 0 Å². The van der Waals surface area contributed by atoms with Crippen LogP contribution in [0.5, 0.6) is 0 Å². The fourth-order valence-electron chi connectivity index (χ4n) is 3.68. The monoisotopic (exact) mass is 209 g/mol. The summed E-state index contributed by atoms with van der Waals surface area (Å²) < 4.78 is 0. The standard InChI is InChI=1S/C14H27N/c1-13(2)7-8-14(3,4)12(13)9-11(15)10-5-6-10/h10-12H,5-9,15H2,1-4H3. The average Bonchev–Trinajstić information content (AvgIpc) is 2.90. The number of rotatable bonds is 3. The molecule has 0 amide bonds. The van der Waals surface area contributed by atoms with Crippen LogP contribution in [-0.4, -0.2) is 6.04 Å². The zero-order valence-electron chi connectivity index (χ0n) is 10.8. The summed E-state index contributed by atoms with van der Waals surface area (Å²) in [5.74, 6) is 1.68. The van der Waals surface area contributed by atoms with E-state index < -0.39 is 0 Å². The molecule has 0 radical (unpaired) electrons. The van der Waals surface area contributed by atoms with E-state index in [1.807, 2.05) is 0 Å². The van der Waals surface area contributed by atoms with Gasteiger partial charge >= 0.3 is 0 Å². The van der Waals surface area contributed by atoms with Crippen LogP contribution < -0.4 is 5.73 Å². The summed E-state index contributed by atoms with van der Waals surface area (Å²) in [5.41, 5.74) is 7.32. The first-order valence-electron chi connectivity index (χ1n) is 6.58. The molecule has 0 aromatic carbocycles. The predicted octanol–water partition coefficient (Wildman–Crippen LogP) is 3.58. The molecule has 0 saturated heterocycles. The van der Waals surface area contributed by atoms with Crippen molar-refractivity contribution in [3.8, 4) is 0 Å². The van der Waals surface area contributed by atoms with E-state index in [0.29, 0.717) is 16.9 Å². The van der Waals surface area contributed by atoms with E-state index in [-0.39, 0.29) is 0 Å². The van der Waals surface area contributed by atoms with E-state index in [1.54, 1.807) is 0 Å². The predicted molar refractivity (Wildman–Crippen MR) is 65.6 cm³/mol. The summed E-state index contributed by atoms with van der Waals surface area (Å²) in [5, 5.41) is 0. The highest BCUT2D eigenvalue weighted by atomic mass is 14.7. The van der Waals surface area contributed by atoms with Crippen molar-refractivity contribution in [1.29, 1.82) is 0 Å². The van der Waals surface area contributed by atoms with Crippen LogP contribution in [-0.2, 0) is 0 Å². The summed E-state index contributed by atoms with van der Waals surface area (Å²) >= 11 is 0. The largest absolute Gasteiger partial charge is 0.327 e. The first kappa shape index (κ1) is 11.4. The molecule has 1 unspecified atom stereocenters. The molecule has 2 rings (SSSR count). The van der Waals surface area contributed by atoms with Crippen molar-refractivity contribution in [2.75, 3.05) is 0 Å². The van der Waals surface area contributed by atoms with Gasteiger partial charge in [-0.1, -0.05) is 27.7 Å². The third-order valence-corrected chi connectivity index (χ3v) is 5.04. The van der Waals surface area contributed by atoms with Gasteiger partial charge in [0.05, 0.1) is 0 Å². The molecule has 15 heavy (non-hydrogen) atoms. The van der Waals surface area contributed by atoms with Gasteiger partial charge in [0.1, 0.15) is 0 Å². The first-order chi connectivity index (χ1) is 6.83. The van der Waals surface area contributed by atoms with Crippen molar-refractivity contribution < 1.29 is 0 Å². The lowest BCUT2D eigenvalue weighted by Gasteiger charge is -2.37. The van der Waals surface area contributed by atoms with E-state index >= 15 is 0 Å². The molecule has 0 heterocycles. The highest BCUT2D eigenvalue weighted by molar-refractivity contribution is 4.99. The van der Waals surface area contributed by atoms with Gasteiger partial charge in [-0.25, -0.2) is 0 Å². The van der Waals surface area contributed by atoms with Crippen molar-refractivity contribution in [2.45, 2.75) is 65.8 Å². The second-order valence-corrected chi connectivity index (χ2v) is 7.27. The Morgan fingerprint density at radius 1 is 1.07 bits per heavy atom. The van der Waals surface area contributed by atoms with Gasteiger partial charge in [0.25, 0.3) is 0 Å². The van der Waals surface area contributed by atoms with Gasteiger partial charge in [-0.15, -0.1) is 0 Å². The maximum Gasteiger partial charge on any atom is 0.00702 e. The SMILES string of the molecule is CC1(C)CCC(C)(C)C1CC(N)C1CC1. The van der Waals surface area contributed by atoms with Gasteiger partial charge < -0.3 is 5.73 Å². The van der Waals surface area contributed by atoms with Crippen molar-refractivity contribution in [1.82, 2.24) is 0 Å². The Morgan fingerprint density at radius 3 is 1.93 bits per heavy atom. The number of nitrogens with two attached hydrogens (primary N) is 1. The van der Waals surface area contributed by atoms with Crippen molar-refractivity contribution >= 4 is 0 Å². The summed E-state index contributed by atoms with van der Waals surface area (Å²) in [6, 6.07) is 0.478. The molecule has 1 atom stereocenters. The molecule has 0 aliphatic heterocycles. The molecule has 2 fully saturated rings. The maximum atomic E-state index is 6.30. The van der Waals surface area contributed by atoms with Crippen molar-refractivity contribution in [3.63, 3.8) is 0 Å². The van der Waals surface area contributed by atoms with Gasteiger partial charge in [-0.3, -0.25) is 0 Å². The molecule has 1 heteroatoms. The summed E-state index contributed by atoms with van der Waals surface area (Å²) in [6.07, 6.45) is 6.78. The molecule has 2 aliphatic rings. The fraction of sp³-hybridized carbons (Fsp3) is 1.00. The van der Waals surface area contributed by atoms with E-state index in [0.717, 1.165) is 11.8 Å². The normalized spacial score (nSPS) is 31.8. The first-order valence-corrected chi connectivity index (χ1v) is 6.58. The second-order valence-electron chi connectivity index (χ2n) is 7.27. The zero-order valence-corrected chi connectivity index (χ0v) is 10.8. The quantitative estimate of drug-likeness (QED) is 0.755. The van der Waals surface area contributed by atoms with Gasteiger partial charge in [0, 0.05) is 6.04 Å².